The predicted molar refractivity (Wildman–Crippen MR) is 96.0 cm³/mol. The van der Waals surface area contributed by atoms with Crippen LogP contribution >= 0.6 is 0 Å². The Morgan fingerprint density at radius 3 is 2.60 bits per heavy atom. The van der Waals surface area contributed by atoms with Crippen LogP contribution in [0.15, 0.2) is 54.9 Å². The van der Waals surface area contributed by atoms with Crippen molar-refractivity contribution in [3.05, 3.63) is 71.5 Å². The van der Waals surface area contributed by atoms with Gasteiger partial charge in [0.25, 0.3) is 5.91 Å². The lowest BCUT2D eigenvalue weighted by Gasteiger charge is -2.35. The van der Waals surface area contributed by atoms with Crippen LogP contribution in [0.3, 0.4) is 0 Å². The Labute approximate surface area is 146 Å². The largest absolute Gasteiger partial charge is 0.332 e. The van der Waals surface area contributed by atoms with Gasteiger partial charge in [-0.1, -0.05) is 36.4 Å². The average Bonchev–Trinajstić information content (AvgIpc) is 3.08. The Morgan fingerprint density at radius 1 is 1.12 bits per heavy atom. The van der Waals surface area contributed by atoms with Gasteiger partial charge in [0.15, 0.2) is 5.82 Å². The number of benzene rings is 2. The van der Waals surface area contributed by atoms with Gasteiger partial charge in [-0.2, -0.15) is 5.10 Å². The van der Waals surface area contributed by atoms with Gasteiger partial charge in [-0.25, -0.2) is 4.98 Å². The van der Waals surface area contributed by atoms with Crippen molar-refractivity contribution >= 4 is 5.91 Å². The van der Waals surface area contributed by atoms with Crippen molar-refractivity contribution in [1.29, 1.82) is 0 Å². The second-order valence-electron chi connectivity index (χ2n) is 6.44. The van der Waals surface area contributed by atoms with Crippen molar-refractivity contribution < 1.29 is 4.79 Å². The van der Waals surface area contributed by atoms with Crippen molar-refractivity contribution in [3.8, 4) is 11.4 Å². The minimum Gasteiger partial charge on any atom is -0.332 e. The van der Waals surface area contributed by atoms with Gasteiger partial charge in [0, 0.05) is 24.7 Å². The molecule has 1 amide bonds. The smallest absolute Gasteiger partial charge is 0.254 e. The number of hydrogen-bond donors (Lipinski definition) is 0. The molecule has 25 heavy (non-hydrogen) atoms. The zero-order valence-electron chi connectivity index (χ0n) is 14.4. The highest BCUT2D eigenvalue weighted by molar-refractivity contribution is 5.95. The molecule has 0 unspecified atom stereocenters. The molecule has 5 nitrogen and oxygen atoms in total. The molecule has 4 rings (SSSR count). The van der Waals surface area contributed by atoms with Gasteiger partial charge in [-0.05, 0) is 36.6 Å². The summed E-state index contributed by atoms with van der Waals surface area (Å²) in [5.41, 5.74) is 4.20. The van der Waals surface area contributed by atoms with Crippen LogP contribution in [0.5, 0.6) is 0 Å². The van der Waals surface area contributed by atoms with Crippen LogP contribution in [0.2, 0.25) is 0 Å². The third-order valence-electron chi connectivity index (χ3n) is 4.85. The Kier molecular flexibility index (Phi) is 3.84. The van der Waals surface area contributed by atoms with Crippen LogP contribution in [0, 0.1) is 0 Å². The first-order valence-electron chi connectivity index (χ1n) is 8.48. The molecule has 0 aliphatic carbocycles. The fourth-order valence-electron chi connectivity index (χ4n) is 3.45. The average molecular weight is 332 g/mol. The molecule has 5 heteroatoms. The lowest BCUT2D eigenvalue weighted by Crippen LogP contribution is -2.38. The zero-order chi connectivity index (χ0) is 17.4. The lowest BCUT2D eigenvalue weighted by molar-refractivity contribution is 0.0677. The van der Waals surface area contributed by atoms with Crippen molar-refractivity contribution in [2.24, 2.45) is 7.05 Å². The van der Waals surface area contributed by atoms with E-state index in [9.17, 15) is 4.79 Å². The molecule has 1 atom stereocenters. The molecule has 0 saturated carbocycles. The summed E-state index contributed by atoms with van der Waals surface area (Å²) in [5, 5.41) is 4.29. The van der Waals surface area contributed by atoms with Crippen LogP contribution in [-0.4, -0.2) is 32.1 Å². The molecule has 0 N–H and O–H groups in total. The minimum absolute atomic E-state index is 0.0718. The third kappa shape index (κ3) is 2.82. The third-order valence-corrected chi connectivity index (χ3v) is 4.85. The normalized spacial score (nSPS) is 16.6. The van der Waals surface area contributed by atoms with E-state index in [0.29, 0.717) is 11.4 Å². The molecule has 1 aromatic heterocycles. The monoisotopic (exact) mass is 332 g/mol. The first-order valence-corrected chi connectivity index (χ1v) is 8.48. The van der Waals surface area contributed by atoms with Crippen LogP contribution in [0.1, 0.15) is 34.5 Å². The zero-order valence-corrected chi connectivity index (χ0v) is 14.4. The van der Waals surface area contributed by atoms with E-state index in [1.807, 2.05) is 42.3 Å². The predicted octanol–water partition coefficient (Wildman–Crippen LogP) is 3.24. The SMILES string of the molecule is C[C@H]1c2ccccc2CCN1C(=O)c1ccc(-c2ncn(C)n2)cc1. The van der Waals surface area contributed by atoms with Gasteiger partial charge in [-0.15, -0.1) is 0 Å². The Bertz CT molecular complexity index is 913. The summed E-state index contributed by atoms with van der Waals surface area (Å²) in [4.78, 5) is 19.2. The topological polar surface area (TPSA) is 51.0 Å². The maximum Gasteiger partial charge on any atom is 0.254 e. The van der Waals surface area contributed by atoms with E-state index in [0.717, 1.165) is 18.5 Å². The highest BCUT2D eigenvalue weighted by Crippen LogP contribution is 2.30. The van der Waals surface area contributed by atoms with E-state index < -0.39 is 0 Å². The molecule has 0 saturated heterocycles. The molecule has 2 heterocycles. The molecule has 3 aromatic rings. The van der Waals surface area contributed by atoms with Gasteiger partial charge in [0.05, 0.1) is 6.04 Å². The summed E-state index contributed by atoms with van der Waals surface area (Å²) in [5.74, 6) is 0.740. The van der Waals surface area contributed by atoms with Gasteiger partial charge < -0.3 is 4.90 Å². The van der Waals surface area contributed by atoms with Crippen LogP contribution in [-0.2, 0) is 13.5 Å². The fourth-order valence-corrected chi connectivity index (χ4v) is 3.45. The van der Waals surface area contributed by atoms with Crippen molar-refractivity contribution in [3.63, 3.8) is 0 Å². The molecule has 126 valence electrons. The van der Waals surface area contributed by atoms with Crippen LogP contribution in [0.4, 0.5) is 0 Å². The molecular weight excluding hydrogens is 312 g/mol. The number of carbonyl (C=O) groups excluding carboxylic acids is 1. The minimum atomic E-state index is 0.0718. The number of amides is 1. The number of aromatic nitrogens is 3. The molecule has 0 spiro atoms. The number of hydrogen-bond acceptors (Lipinski definition) is 3. The summed E-state index contributed by atoms with van der Waals surface area (Å²) < 4.78 is 1.67. The molecule has 2 aromatic carbocycles. The summed E-state index contributed by atoms with van der Waals surface area (Å²) in [6, 6.07) is 16.0. The maximum atomic E-state index is 13.0. The van der Waals surface area contributed by atoms with Crippen molar-refractivity contribution in [2.75, 3.05) is 6.54 Å². The summed E-state index contributed by atoms with van der Waals surface area (Å²) in [6.07, 6.45) is 2.57. The highest BCUT2D eigenvalue weighted by atomic mass is 16.2. The molecular formula is C20H20N4O. The molecule has 1 aliphatic rings. The van der Waals surface area contributed by atoms with Crippen molar-refractivity contribution in [1.82, 2.24) is 19.7 Å². The van der Waals surface area contributed by atoms with Gasteiger partial charge >= 0.3 is 0 Å². The summed E-state index contributed by atoms with van der Waals surface area (Å²) >= 11 is 0. The summed E-state index contributed by atoms with van der Waals surface area (Å²) in [6.45, 7) is 2.85. The van der Waals surface area contributed by atoms with Gasteiger partial charge in [0.2, 0.25) is 0 Å². The molecule has 0 fully saturated rings. The summed E-state index contributed by atoms with van der Waals surface area (Å²) in [7, 11) is 1.84. The molecule has 0 radical (unpaired) electrons. The first kappa shape index (κ1) is 15.6. The Morgan fingerprint density at radius 2 is 1.88 bits per heavy atom. The lowest BCUT2D eigenvalue weighted by atomic mass is 9.93. The number of aryl methyl sites for hydroxylation is 1. The van der Waals surface area contributed by atoms with E-state index in [1.54, 1.807) is 11.0 Å². The standard InChI is InChI=1S/C20H20N4O/c1-14-18-6-4-3-5-15(18)11-12-24(14)20(25)17-9-7-16(8-10-17)19-21-13-23(2)22-19/h3-10,13-14H,11-12H2,1-2H3/t14-/m0/s1. The molecule has 1 aliphatic heterocycles. The van der Waals surface area contributed by atoms with Crippen LogP contribution in [0.25, 0.3) is 11.4 Å². The van der Waals surface area contributed by atoms with E-state index in [2.05, 4.69) is 35.2 Å². The second-order valence-corrected chi connectivity index (χ2v) is 6.44. The highest BCUT2D eigenvalue weighted by Gasteiger charge is 2.27. The number of rotatable bonds is 2. The number of nitrogens with zero attached hydrogens (tertiary/aromatic N) is 4. The Balaban J connectivity index is 1.57. The number of carbonyl (C=O) groups is 1. The van der Waals surface area contributed by atoms with E-state index in [-0.39, 0.29) is 11.9 Å². The first-order chi connectivity index (χ1) is 12.1. The van der Waals surface area contributed by atoms with Gasteiger partial charge in [-0.3, -0.25) is 9.48 Å². The fraction of sp³-hybridized carbons (Fsp3) is 0.250. The van der Waals surface area contributed by atoms with E-state index in [1.165, 1.54) is 11.1 Å². The quantitative estimate of drug-likeness (QED) is 0.724. The second kappa shape index (κ2) is 6.16. The Hall–Kier alpha value is -2.95. The van der Waals surface area contributed by atoms with Crippen LogP contribution < -0.4 is 0 Å². The van der Waals surface area contributed by atoms with Crippen molar-refractivity contribution in [2.45, 2.75) is 19.4 Å². The maximum absolute atomic E-state index is 13.0. The van der Waals surface area contributed by atoms with E-state index in [4.69, 9.17) is 0 Å². The number of fused-ring (bicyclic) bond motifs is 1. The van der Waals surface area contributed by atoms with Gasteiger partial charge in [0.1, 0.15) is 6.33 Å². The molecule has 0 bridgehead atoms. The van der Waals surface area contributed by atoms with E-state index >= 15 is 0 Å².